The van der Waals surface area contributed by atoms with E-state index in [2.05, 4.69) is 20.3 Å². The minimum Gasteiger partial charge on any atom is -0.495 e. The summed E-state index contributed by atoms with van der Waals surface area (Å²) in [4.78, 5) is 34.3. The molecule has 190 valence electrons. The molecule has 2 N–H and O–H groups in total. The van der Waals surface area contributed by atoms with E-state index in [4.69, 9.17) is 21.3 Å². The monoisotopic (exact) mass is 511 g/mol. The molecule has 0 spiro atoms. The number of anilines is 2. The number of ether oxygens (including phenoxy) is 1. The third kappa shape index (κ3) is 6.19. The average molecular weight is 512 g/mol. The molecule has 1 atom stereocenters. The number of nitrogens with one attached hydrogen (secondary N) is 1. The van der Waals surface area contributed by atoms with Gasteiger partial charge < -0.3 is 25.0 Å². The highest BCUT2D eigenvalue weighted by Crippen LogP contribution is 2.27. The summed E-state index contributed by atoms with van der Waals surface area (Å²) in [6.45, 7) is 1.57. The predicted octanol–water partition coefficient (Wildman–Crippen LogP) is 2.70. The van der Waals surface area contributed by atoms with E-state index in [0.29, 0.717) is 47.0 Å². The van der Waals surface area contributed by atoms with Crippen molar-refractivity contribution in [3.8, 4) is 5.75 Å². The number of rotatable bonds is 10. The van der Waals surface area contributed by atoms with Crippen molar-refractivity contribution in [1.82, 2.24) is 24.8 Å². The number of benzene rings is 1. The number of amides is 1. The molecule has 1 aliphatic rings. The number of hydrogen-bond acceptors (Lipinski definition) is 9. The molecule has 0 aliphatic carbocycles. The van der Waals surface area contributed by atoms with E-state index in [1.165, 1.54) is 0 Å². The normalized spacial score (nSPS) is 15.1. The SMILES string of the molecule is COc1ccc(CNc2nc(N3CCC[C@H]3CO)ncc2CC(=O)N(C)Cc2ncccn2)cc1Cl. The van der Waals surface area contributed by atoms with Crippen LogP contribution in [0.4, 0.5) is 11.8 Å². The van der Waals surface area contributed by atoms with E-state index in [-0.39, 0.29) is 25.0 Å². The maximum Gasteiger partial charge on any atom is 0.227 e. The van der Waals surface area contributed by atoms with Gasteiger partial charge in [-0.2, -0.15) is 4.98 Å². The molecule has 0 bridgehead atoms. The van der Waals surface area contributed by atoms with Gasteiger partial charge in [0.25, 0.3) is 0 Å². The third-order valence-electron chi connectivity index (χ3n) is 6.14. The van der Waals surface area contributed by atoms with Crippen LogP contribution in [0.2, 0.25) is 5.02 Å². The van der Waals surface area contributed by atoms with Crippen molar-refractivity contribution in [3.05, 3.63) is 64.8 Å². The standard InChI is InChI=1S/C25H30ClN7O3/c1-32(15-22-27-8-4-9-28-22)23(35)12-18-14-30-25(33-10-3-5-19(33)16-34)31-24(18)29-13-17-6-7-21(36-2)20(26)11-17/h4,6-9,11,14,19,34H,3,5,10,12-13,15-16H2,1-2H3,(H,29,30,31)/t19-/m0/s1. The second-order valence-electron chi connectivity index (χ2n) is 8.63. The fourth-order valence-electron chi connectivity index (χ4n) is 4.12. The highest BCUT2D eigenvalue weighted by molar-refractivity contribution is 6.32. The molecule has 2 aromatic heterocycles. The van der Waals surface area contributed by atoms with Crippen LogP contribution in [0.15, 0.2) is 42.9 Å². The van der Waals surface area contributed by atoms with Gasteiger partial charge in [-0.1, -0.05) is 17.7 Å². The molecule has 3 aromatic rings. The first-order valence-electron chi connectivity index (χ1n) is 11.8. The number of aliphatic hydroxyl groups is 1. The van der Waals surface area contributed by atoms with Crippen LogP contribution in [-0.2, 0) is 24.3 Å². The van der Waals surface area contributed by atoms with Gasteiger partial charge in [0.1, 0.15) is 17.4 Å². The van der Waals surface area contributed by atoms with Gasteiger partial charge >= 0.3 is 0 Å². The summed E-state index contributed by atoms with van der Waals surface area (Å²) in [5.74, 6) is 2.16. The Morgan fingerprint density at radius 2 is 2.11 bits per heavy atom. The summed E-state index contributed by atoms with van der Waals surface area (Å²) < 4.78 is 5.23. The van der Waals surface area contributed by atoms with E-state index in [0.717, 1.165) is 24.9 Å². The van der Waals surface area contributed by atoms with Crippen molar-refractivity contribution >= 4 is 29.3 Å². The van der Waals surface area contributed by atoms with Crippen LogP contribution in [-0.4, -0.2) is 69.2 Å². The summed E-state index contributed by atoms with van der Waals surface area (Å²) >= 11 is 6.29. The minimum absolute atomic E-state index is 0.0114. The average Bonchev–Trinajstić information content (AvgIpc) is 3.37. The maximum absolute atomic E-state index is 13.0. The van der Waals surface area contributed by atoms with Crippen LogP contribution in [0, 0.1) is 0 Å². The van der Waals surface area contributed by atoms with E-state index in [1.54, 1.807) is 43.7 Å². The largest absolute Gasteiger partial charge is 0.495 e. The zero-order valence-electron chi connectivity index (χ0n) is 20.4. The molecular weight excluding hydrogens is 482 g/mol. The van der Waals surface area contributed by atoms with Crippen LogP contribution in [0.5, 0.6) is 5.75 Å². The summed E-state index contributed by atoms with van der Waals surface area (Å²) in [7, 11) is 3.29. The molecule has 1 fully saturated rings. The zero-order valence-corrected chi connectivity index (χ0v) is 21.1. The van der Waals surface area contributed by atoms with Gasteiger partial charge in [0.2, 0.25) is 11.9 Å². The molecule has 0 radical (unpaired) electrons. The lowest BCUT2D eigenvalue weighted by Gasteiger charge is -2.24. The van der Waals surface area contributed by atoms with E-state index < -0.39 is 0 Å². The number of aromatic nitrogens is 4. The molecule has 1 saturated heterocycles. The van der Waals surface area contributed by atoms with Crippen molar-refractivity contribution in [1.29, 1.82) is 0 Å². The van der Waals surface area contributed by atoms with Crippen LogP contribution < -0.4 is 15.0 Å². The summed E-state index contributed by atoms with van der Waals surface area (Å²) in [5.41, 5.74) is 1.61. The second-order valence-corrected chi connectivity index (χ2v) is 9.04. The van der Waals surface area contributed by atoms with Crippen molar-refractivity contribution in [3.63, 3.8) is 0 Å². The van der Waals surface area contributed by atoms with Gasteiger partial charge in [-0.15, -0.1) is 0 Å². The summed E-state index contributed by atoms with van der Waals surface area (Å²) in [6.07, 6.45) is 6.95. The van der Waals surface area contributed by atoms with Crippen LogP contribution >= 0.6 is 11.6 Å². The van der Waals surface area contributed by atoms with Crippen molar-refractivity contribution < 1.29 is 14.6 Å². The molecule has 0 saturated carbocycles. The van der Waals surface area contributed by atoms with Crippen LogP contribution in [0.25, 0.3) is 0 Å². The van der Waals surface area contributed by atoms with Crippen molar-refractivity contribution in [2.24, 2.45) is 0 Å². The Morgan fingerprint density at radius 1 is 1.31 bits per heavy atom. The summed E-state index contributed by atoms with van der Waals surface area (Å²) in [6, 6.07) is 7.28. The number of methoxy groups -OCH3 is 1. The Bertz CT molecular complexity index is 1180. The molecule has 1 aliphatic heterocycles. The molecule has 11 heteroatoms. The number of carbonyl (C=O) groups is 1. The van der Waals surface area contributed by atoms with E-state index in [9.17, 15) is 9.90 Å². The first kappa shape index (κ1) is 25.6. The number of carbonyl (C=O) groups excluding carboxylic acids is 1. The molecule has 0 unspecified atom stereocenters. The van der Waals surface area contributed by atoms with E-state index >= 15 is 0 Å². The highest BCUT2D eigenvalue weighted by Gasteiger charge is 2.27. The Balaban J connectivity index is 1.54. The fourth-order valence-corrected chi connectivity index (χ4v) is 4.40. The van der Waals surface area contributed by atoms with Gasteiger partial charge in [0.05, 0.1) is 37.7 Å². The quantitative estimate of drug-likeness (QED) is 0.423. The Kier molecular flexibility index (Phi) is 8.50. The number of halogens is 1. The van der Waals surface area contributed by atoms with Gasteiger partial charge in [-0.3, -0.25) is 4.79 Å². The molecular formula is C25H30ClN7O3. The topological polar surface area (TPSA) is 117 Å². The number of likely N-dealkylation sites (N-methyl/N-ethyl adjacent to an activating group) is 1. The highest BCUT2D eigenvalue weighted by atomic mass is 35.5. The molecule has 1 amide bonds. The maximum atomic E-state index is 13.0. The molecule has 3 heterocycles. The molecule has 1 aromatic carbocycles. The van der Waals surface area contributed by atoms with Crippen molar-refractivity contribution in [2.45, 2.75) is 38.4 Å². The number of aliphatic hydroxyl groups excluding tert-OH is 1. The van der Waals surface area contributed by atoms with Gasteiger partial charge in [0, 0.05) is 44.3 Å². The van der Waals surface area contributed by atoms with Gasteiger partial charge in [-0.05, 0) is 36.6 Å². The van der Waals surface area contributed by atoms with Crippen LogP contribution in [0.1, 0.15) is 29.8 Å². The smallest absolute Gasteiger partial charge is 0.227 e. The zero-order chi connectivity index (χ0) is 25.5. The lowest BCUT2D eigenvalue weighted by atomic mass is 10.1. The second kappa shape index (κ2) is 12.0. The number of nitrogens with zero attached hydrogens (tertiary/aromatic N) is 6. The van der Waals surface area contributed by atoms with Crippen LogP contribution in [0.3, 0.4) is 0 Å². The van der Waals surface area contributed by atoms with Gasteiger partial charge in [-0.25, -0.2) is 15.0 Å². The fraction of sp³-hybridized carbons (Fsp3) is 0.400. The predicted molar refractivity (Wildman–Crippen MR) is 137 cm³/mol. The lowest BCUT2D eigenvalue weighted by Crippen LogP contribution is -2.34. The Hall–Kier alpha value is -3.50. The third-order valence-corrected chi connectivity index (χ3v) is 6.43. The lowest BCUT2D eigenvalue weighted by molar-refractivity contribution is -0.129. The molecule has 4 rings (SSSR count). The van der Waals surface area contributed by atoms with E-state index in [1.807, 2.05) is 23.1 Å². The number of hydrogen-bond donors (Lipinski definition) is 2. The minimum atomic E-state index is -0.108. The first-order chi connectivity index (χ1) is 17.5. The Labute approximate surface area is 215 Å². The van der Waals surface area contributed by atoms with Gasteiger partial charge in [0.15, 0.2) is 0 Å². The molecule has 10 nitrogen and oxygen atoms in total. The Morgan fingerprint density at radius 3 is 2.83 bits per heavy atom. The molecule has 36 heavy (non-hydrogen) atoms. The summed E-state index contributed by atoms with van der Waals surface area (Å²) in [5, 5.41) is 13.6. The first-order valence-corrected chi connectivity index (χ1v) is 12.2. The van der Waals surface area contributed by atoms with Crippen molar-refractivity contribution in [2.75, 3.05) is 37.5 Å².